The zero-order valence-corrected chi connectivity index (χ0v) is 9.66. The molecule has 0 aromatic carbocycles. The maximum absolute atomic E-state index is 10.7. The Morgan fingerprint density at radius 3 is 2.59 bits per heavy atom. The van der Waals surface area contributed by atoms with Crippen LogP contribution in [0, 0.1) is 0 Å². The molecule has 5 nitrogen and oxygen atoms in total. The second-order valence-corrected chi connectivity index (χ2v) is 4.05. The minimum absolute atomic E-state index is 0.171. The van der Waals surface area contributed by atoms with Crippen LogP contribution in [0.5, 0.6) is 0 Å². The third-order valence-electron chi connectivity index (χ3n) is 2.43. The normalized spacial score (nSPS) is 10.8. The molecule has 0 amide bonds. The lowest BCUT2D eigenvalue weighted by Gasteiger charge is -2.01. The molecule has 0 aliphatic carbocycles. The van der Waals surface area contributed by atoms with Gasteiger partial charge in [-0.05, 0) is 24.1 Å². The smallest absolute Gasteiger partial charge is 0.337 e. The van der Waals surface area contributed by atoms with E-state index in [1.165, 1.54) is 12.3 Å². The zero-order valence-electron chi connectivity index (χ0n) is 9.66. The molecule has 88 valence electrons. The Morgan fingerprint density at radius 1 is 1.35 bits per heavy atom. The summed E-state index contributed by atoms with van der Waals surface area (Å²) in [6, 6.07) is 5.08. The molecule has 0 atom stereocenters. The molecule has 0 aliphatic heterocycles. The van der Waals surface area contributed by atoms with Crippen molar-refractivity contribution < 1.29 is 9.90 Å². The molecule has 2 aromatic heterocycles. The quantitative estimate of drug-likeness (QED) is 0.878. The first-order chi connectivity index (χ1) is 8.08. The van der Waals surface area contributed by atoms with E-state index in [1.807, 2.05) is 12.3 Å². The highest BCUT2D eigenvalue weighted by Gasteiger charge is 2.07. The van der Waals surface area contributed by atoms with Gasteiger partial charge >= 0.3 is 5.97 Å². The first kappa shape index (κ1) is 11.3. The minimum Gasteiger partial charge on any atom is -0.478 e. The van der Waals surface area contributed by atoms with E-state index in [2.05, 4.69) is 23.9 Å². The van der Waals surface area contributed by atoms with Crippen LogP contribution in [0.15, 0.2) is 30.6 Å². The lowest BCUT2D eigenvalue weighted by molar-refractivity contribution is 0.0696. The molecule has 0 saturated carbocycles. The Labute approximate surface area is 98.7 Å². The van der Waals surface area contributed by atoms with Crippen LogP contribution in [0.2, 0.25) is 0 Å². The first-order valence-corrected chi connectivity index (χ1v) is 5.33. The van der Waals surface area contributed by atoms with E-state index >= 15 is 0 Å². The summed E-state index contributed by atoms with van der Waals surface area (Å²) >= 11 is 0. The molecule has 0 saturated heterocycles. The summed E-state index contributed by atoms with van der Waals surface area (Å²) in [5, 5.41) is 13.1. The second kappa shape index (κ2) is 4.37. The highest BCUT2D eigenvalue weighted by atomic mass is 16.4. The molecule has 2 heterocycles. The van der Waals surface area contributed by atoms with Gasteiger partial charge in [0.1, 0.15) is 0 Å². The van der Waals surface area contributed by atoms with Gasteiger partial charge in [0.05, 0.1) is 11.3 Å². The Morgan fingerprint density at radius 2 is 2.12 bits per heavy atom. The highest BCUT2D eigenvalue weighted by Crippen LogP contribution is 2.13. The molecular formula is C12H13N3O2. The van der Waals surface area contributed by atoms with Gasteiger partial charge in [-0.1, -0.05) is 13.8 Å². The second-order valence-electron chi connectivity index (χ2n) is 4.05. The van der Waals surface area contributed by atoms with Crippen LogP contribution in [-0.4, -0.2) is 25.8 Å². The number of hydrogen-bond acceptors (Lipinski definition) is 3. The first-order valence-electron chi connectivity index (χ1n) is 5.33. The molecular weight excluding hydrogens is 218 g/mol. The van der Waals surface area contributed by atoms with Gasteiger partial charge in [-0.25, -0.2) is 14.5 Å². The Kier molecular flexibility index (Phi) is 2.91. The molecule has 0 fully saturated rings. The molecule has 17 heavy (non-hydrogen) atoms. The molecule has 0 unspecified atom stereocenters. The molecule has 0 aliphatic rings. The molecule has 5 heteroatoms. The van der Waals surface area contributed by atoms with E-state index in [0.717, 1.165) is 5.69 Å². The number of carbonyl (C=O) groups is 1. The third kappa shape index (κ3) is 2.33. The highest BCUT2D eigenvalue weighted by molar-refractivity contribution is 5.87. The number of carboxylic acids is 1. The summed E-state index contributed by atoms with van der Waals surface area (Å²) in [5.74, 6) is -0.0103. The summed E-state index contributed by atoms with van der Waals surface area (Å²) < 4.78 is 1.64. The zero-order chi connectivity index (χ0) is 12.4. The van der Waals surface area contributed by atoms with E-state index < -0.39 is 5.97 Å². The van der Waals surface area contributed by atoms with Gasteiger partial charge in [-0.2, -0.15) is 5.10 Å². The number of aromatic carboxylic acids is 1. The van der Waals surface area contributed by atoms with E-state index in [1.54, 1.807) is 10.7 Å². The molecule has 0 spiro atoms. The Hall–Kier alpha value is -2.17. The van der Waals surface area contributed by atoms with Gasteiger partial charge in [0.15, 0.2) is 5.82 Å². The summed E-state index contributed by atoms with van der Waals surface area (Å²) in [7, 11) is 0. The average Bonchev–Trinajstić information content (AvgIpc) is 2.78. The lowest BCUT2D eigenvalue weighted by Crippen LogP contribution is -2.02. The lowest BCUT2D eigenvalue weighted by atomic mass is 10.1. The standard InChI is InChI=1S/C12H13N3O2/c1-8(2)10-5-6-15(14-10)11-4-3-9(7-13-11)12(16)17/h3-8H,1-2H3,(H,16,17). The van der Waals surface area contributed by atoms with Gasteiger partial charge in [-0.15, -0.1) is 0 Å². The summed E-state index contributed by atoms with van der Waals surface area (Å²) in [6.45, 7) is 4.13. The monoisotopic (exact) mass is 231 g/mol. The van der Waals surface area contributed by atoms with Crippen LogP contribution in [0.4, 0.5) is 0 Å². The van der Waals surface area contributed by atoms with Crippen LogP contribution in [0.3, 0.4) is 0 Å². The van der Waals surface area contributed by atoms with Crippen molar-refractivity contribution >= 4 is 5.97 Å². The van der Waals surface area contributed by atoms with Crippen LogP contribution in [0.25, 0.3) is 5.82 Å². The van der Waals surface area contributed by atoms with E-state index in [4.69, 9.17) is 5.11 Å². The predicted molar refractivity (Wildman–Crippen MR) is 62.4 cm³/mol. The van der Waals surface area contributed by atoms with Crippen molar-refractivity contribution in [2.75, 3.05) is 0 Å². The number of aromatic nitrogens is 3. The topological polar surface area (TPSA) is 68.0 Å². The van der Waals surface area contributed by atoms with Gasteiger partial charge in [0.25, 0.3) is 0 Å². The molecule has 2 rings (SSSR count). The summed E-state index contributed by atoms with van der Waals surface area (Å²) in [4.78, 5) is 14.7. The van der Waals surface area contributed by atoms with Crippen molar-refractivity contribution in [1.29, 1.82) is 0 Å². The molecule has 2 aromatic rings. The van der Waals surface area contributed by atoms with Crippen molar-refractivity contribution in [3.05, 3.63) is 41.9 Å². The van der Waals surface area contributed by atoms with Crippen molar-refractivity contribution in [1.82, 2.24) is 14.8 Å². The average molecular weight is 231 g/mol. The third-order valence-corrected chi connectivity index (χ3v) is 2.43. The molecule has 0 bridgehead atoms. The molecule has 1 N–H and O–H groups in total. The van der Waals surface area contributed by atoms with Crippen LogP contribution in [0.1, 0.15) is 35.8 Å². The van der Waals surface area contributed by atoms with Gasteiger partial charge in [-0.3, -0.25) is 0 Å². The van der Waals surface area contributed by atoms with Crippen molar-refractivity contribution in [3.63, 3.8) is 0 Å². The number of rotatable bonds is 3. The predicted octanol–water partition coefficient (Wildman–Crippen LogP) is 2.09. The van der Waals surface area contributed by atoms with E-state index in [9.17, 15) is 4.79 Å². The number of hydrogen-bond donors (Lipinski definition) is 1. The van der Waals surface area contributed by atoms with Crippen molar-refractivity contribution in [2.45, 2.75) is 19.8 Å². The number of nitrogens with zero attached hydrogens (tertiary/aromatic N) is 3. The fourth-order valence-electron chi connectivity index (χ4n) is 1.42. The SMILES string of the molecule is CC(C)c1ccn(-c2ccc(C(=O)O)cn2)n1. The van der Waals surface area contributed by atoms with E-state index in [0.29, 0.717) is 11.7 Å². The largest absolute Gasteiger partial charge is 0.478 e. The Balaban J connectivity index is 2.30. The van der Waals surface area contributed by atoms with Crippen molar-refractivity contribution in [3.8, 4) is 5.82 Å². The summed E-state index contributed by atoms with van der Waals surface area (Å²) in [5.41, 5.74) is 1.15. The fourth-order valence-corrected chi connectivity index (χ4v) is 1.42. The van der Waals surface area contributed by atoms with Gasteiger partial charge in [0.2, 0.25) is 0 Å². The fraction of sp³-hybridized carbons (Fsp3) is 0.250. The number of pyridine rings is 1. The van der Waals surface area contributed by atoms with Gasteiger partial charge in [0, 0.05) is 12.4 Å². The van der Waals surface area contributed by atoms with Crippen LogP contribution in [-0.2, 0) is 0 Å². The van der Waals surface area contributed by atoms with Crippen LogP contribution < -0.4 is 0 Å². The van der Waals surface area contributed by atoms with Crippen molar-refractivity contribution in [2.24, 2.45) is 0 Å². The molecule has 0 radical (unpaired) electrons. The van der Waals surface area contributed by atoms with Crippen LogP contribution >= 0.6 is 0 Å². The number of carboxylic acid groups (broad SMARTS) is 1. The minimum atomic E-state index is -0.979. The van der Waals surface area contributed by atoms with Gasteiger partial charge < -0.3 is 5.11 Å². The Bertz CT molecular complexity index is 529. The summed E-state index contributed by atoms with van der Waals surface area (Å²) in [6.07, 6.45) is 3.15. The maximum Gasteiger partial charge on any atom is 0.337 e. The maximum atomic E-state index is 10.7. The van der Waals surface area contributed by atoms with E-state index in [-0.39, 0.29) is 5.56 Å².